The molecule has 0 aliphatic carbocycles. The van der Waals surface area contributed by atoms with Crippen LogP contribution in [0, 0.1) is 0 Å². The van der Waals surface area contributed by atoms with Crippen molar-refractivity contribution in [2.24, 2.45) is 0 Å². The van der Waals surface area contributed by atoms with Crippen LogP contribution in [0.2, 0.25) is 0 Å². The Labute approximate surface area is 70.5 Å². The minimum absolute atomic E-state index is 0.549. The van der Waals surface area contributed by atoms with Gasteiger partial charge in [-0.2, -0.15) is 5.10 Å². The van der Waals surface area contributed by atoms with Gasteiger partial charge in [0.2, 0.25) is 0 Å². The zero-order valence-corrected chi connectivity index (χ0v) is 6.79. The van der Waals surface area contributed by atoms with Gasteiger partial charge in [-0.1, -0.05) is 0 Å². The molecule has 0 spiro atoms. The first-order valence-electron chi connectivity index (χ1n) is 4.10. The molecule has 1 aromatic rings. The van der Waals surface area contributed by atoms with Gasteiger partial charge in [-0.15, -0.1) is 0 Å². The number of hydrogen-bond donors (Lipinski definition) is 2. The van der Waals surface area contributed by atoms with Gasteiger partial charge in [0.1, 0.15) is 12.2 Å². The highest BCUT2D eigenvalue weighted by Crippen LogP contribution is 1.98. The van der Waals surface area contributed by atoms with Crippen LogP contribution in [0.15, 0.2) is 6.33 Å². The molecule has 0 unspecified atom stereocenters. The highest BCUT2D eigenvalue weighted by molar-refractivity contribution is 4.82. The van der Waals surface area contributed by atoms with Gasteiger partial charge in [0.25, 0.3) is 0 Å². The largest absolute Gasteiger partial charge is 0.378 e. The summed E-state index contributed by atoms with van der Waals surface area (Å²) in [7, 11) is 0. The number of nitrogens with zero attached hydrogens (tertiary/aromatic N) is 2. The zero-order chi connectivity index (χ0) is 8.23. The molecule has 1 aliphatic rings. The summed E-state index contributed by atoms with van der Waals surface area (Å²) in [5, 5.41) is 9.92. The Balaban J connectivity index is 1.62. The van der Waals surface area contributed by atoms with Crippen LogP contribution in [0.1, 0.15) is 5.82 Å². The lowest BCUT2D eigenvalue weighted by Gasteiger charge is -2.26. The lowest BCUT2D eigenvalue weighted by atomic mass is 10.2. The molecule has 0 bridgehead atoms. The molecule has 12 heavy (non-hydrogen) atoms. The molecule has 0 radical (unpaired) electrons. The molecule has 5 nitrogen and oxygen atoms in total. The number of rotatable bonds is 4. The van der Waals surface area contributed by atoms with Gasteiger partial charge in [0.15, 0.2) is 0 Å². The van der Waals surface area contributed by atoms with Crippen LogP contribution >= 0.6 is 0 Å². The third-order valence-corrected chi connectivity index (χ3v) is 1.90. The first-order valence-corrected chi connectivity index (χ1v) is 4.10. The van der Waals surface area contributed by atoms with Gasteiger partial charge in [-0.25, -0.2) is 4.98 Å². The van der Waals surface area contributed by atoms with Crippen LogP contribution in [-0.2, 0) is 11.2 Å². The second-order valence-corrected chi connectivity index (χ2v) is 2.87. The third kappa shape index (κ3) is 1.80. The van der Waals surface area contributed by atoms with Crippen LogP contribution in [0.3, 0.4) is 0 Å². The molecule has 2 rings (SSSR count). The molecule has 66 valence electrons. The third-order valence-electron chi connectivity index (χ3n) is 1.90. The summed E-state index contributed by atoms with van der Waals surface area (Å²) in [5.41, 5.74) is 0. The van der Waals surface area contributed by atoms with Crippen molar-refractivity contribution < 1.29 is 4.74 Å². The molecule has 0 aromatic carbocycles. The summed E-state index contributed by atoms with van der Waals surface area (Å²) in [4.78, 5) is 4.02. The van der Waals surface area contributed by atoms with E-state index in [9.17, 15) is 0 Å². The Bertz CT molecular complexity index is 219. The quantitative estimate of drug-likeness (QED) is 0.626. The summed E-state index contributed by atoms with van der Waals surface area (Å²) in [6.07, 6.45) is 2.43. The van der Waals surface area contributed by atoms with Crippen LogP contribution in [0.4, 0.5) is 0 Å². The molecule has 1 aliphatic heterocycles. The van der Waals surface area contributed by atoms with Crippen molar-refractivity contribution >= 4 is 0 Å². The Morgan fingerprint density at radius 1 is 1.67 bits per heavy atom. The van der Waals surface area contributed by atoms with E-state index in [-0.39, 0.29) is 0 Å². The van der Waals surface area contributed by atoms with Crippen LogP contribution < -0.4 is 5.32 Å². The lowest BCUT2D eigenvalue weighted by Crippen LogP contribution is -2.46. The van der Waals surface area contributed by atoms with E-state index in [1.54, 1.807) is 0 Å². The topological polar surface area (TPSA) is 62.8 Å². The molecule has 1 saturated heterocycles. The monoisotopic (exact) mass is 168 g/mol. The minimum Gasteiger partial charge on any atom is -0.378 e. The second-order valence-electron chi connectivity index (χ2n) is 2.87. The van der Waals surface area contributed by atoms with Crippen molar-refractivity contribution in [3.05, 3.63) is 12.2 Å². The normalized spacial score (nSPS) is 17.7. The molecule has 2 N–H and O–H groups in total. The number of H-pyrrole nitrogens is 1. The van der Waals surface area contributed by atoms with Crippen molar-refractivity contribution in [2.75, 3.05) is 19.8 Å². The SMILES string of the molecule is c1n[nH]c(CCNC2COC2)n1. The van der Waals surface area contributed by atoms with Crippen molar-refractivity contribution in [1.82, 2.24) is 20.5 Å². The predicted molar refractivity (Wildman–Crippen MR) is 42.7 cm³/mol. The van der Waals surface area contributed by atoms with Crippen molar-refractivity contribution in [3.63, 3.8) is 0 Å². The second kappa shape index (κ2) is 3.64. The Morgan fingerprint density at radius 2 is 2.58 bits per heavy atom. The smallest absolute Gasteiger partial charge is 0.137 e. The number of ether oxygens (including phenoxy) is 1. The summed E-state index contributed by atoms with van der Waals surface area (Å²) < 4.78 is 5.02. The predicted octanol–water partition coefficient (Wildman–Crippen LogP) is -0.664. The minimum atomic E-state index is 0.549. The van der Waals surface area contributed by atoms with Crippen LogP contribution in [0.5, 0.6) is 0 Å². The van der Waals surface area contributed by atoms with Gasteiger partial charge in [0, 0.05) is 13.0 Å². The Hall–Kier alpha value is -0.940. The van der Waals surface area contributed by atoms with E-state index in [0.717, 1.165) is 32.0 Å². The highest BCUT2D eigenvalue weighted by atomic mass is 16.5. The van der Waals surface area contributed by atoms with Crippen molar-refractivity contribution in [1.29, 1.82) is 0 Å². The molecule has 1 fully saturated rings. The average molecular weight is 168 g/mol. The van der Waals surface area contributed by atoms with E-state index < -0.39 is 0 Å². The van der Waals surface area contributed by atoms with E-state index in [4.69, 9.17) is 4.74 Å². The number of aromatic amines is 1. The van der Waals surface area contributed by atoms with E-state index in [1.807, 2.05) is 0 Å². The van der Waals surface area contributed by atoms with E-state index in [1.165, 1.54) is 6.33 Å². The van der Waals surface area contributed by atoms with Crippen molar-refractivity contribution in [3.8, 4) is 0 Å². The van der Waals surface area contributed by atoms with Gasteiger partial charge in [0.05, 0.1) is 19.3 Å². The molecule has 2 heterocycles. The fourth-order valence-electron chi connectivity index (χ4n) is 1.10. The van der Waals surface area contributed by atoms with Crippen LogP contribution in [-0.4, -0.2) is 41.0 Å². The van der Waals surface area contributed by atoms with E-state index in [2.05, 4.69) is 20.5 Å². The summed E-state index contributed by atoms with van der Waals surface area (Å²) in [6, 6.07) is 0.549. The fourth-order valence-corrected chi connectivity index (χ4v) is 1.10. The summed E-state index contributed by atoms with van der Waals surface area (Å²) in [6.45, 7) is 2.62. The summed E-state index contributed by atoms with van der Waals surface area (Å²) >= 11 is 0. The lowest BCUT2D eigenvalue weighted by molar-refractivity contribution is -0.00472. The maximum Gasteiger partial charge on any atom is 0.137 e. The number of nitrogens with one attached hydrogen (secondary N) is 2. The maximum atomic E-state index is 5.02. The Morgan fingerprint density at radius 3 is 3.17 bits per heavy atom. The van der Waals surface area contributed by atoms with Crippen LogP contribution in [0.25, 0.3) is 0 Å². The fraction of sp³-hybridized carbons (Fsp3) is 0.714. The van der Waals surface area contributed by atoms with Gasteiger partial charge < -0.3 is 10.1 Å². The molecule has 0 saturated carbocycles. The molecule has 0 amide bonds. The molecule has 0 atom stereocenters. The van der Waals surface area contributed by atoms with Gasteiger partial charge >= 0.3 is 0 Å². The molecule has 5 heteroatoms. The molecular formula is C7H12N4O. The average Bonchev–Trinajstić information content (AvgIpc) is 2.46. The van der Waals surface area contributed by atoms with Gasteiger partial charge in [-0.3, -0.25) is 5.10 Å². The molecule has 1 aromatic heterocycles. The zero-order valence-electron chi connectivity index (χ0n) is 6.79. The van der Waals surface area contributed by atoms with E-state index in [0.29, 0.717) is 6.04 Å². The maximum absolute atomic E-state index is 5.02. The first kappa shape index (κ1) is 7.70. The highest BCUT2D eigenvalue weighted by Gasteiger charge is 2.16. The first-order chi connectivity index (χ1) is 5.95. The number of hydrogen-bond acceptors (Lipinski definition) is 4. The number of aromatic nitrogens is 3. The van der Waals surface area contributed by atoms with Gasteiger partial charge in [-0.05, 0) is 0 Å². The van der Waals surface area contributed by atoms with Crippen molar-refractivity contribution in [2.45, 2.75) is 12.5 Å². The van der Waals surface area contributed by atoms with E-state index >= 15 is 0 Å². The standard InChI is InChI=1S/C7H12N4O/c1(7-9-5-10-11-7)2-8-6-3-12-4-6/h5-6,8H,1-4H2,(H,9,10,11). The summed E-state index contributed by atoms with van der Waals surface area (Å²) in [5.74, 6) is 0.933. The Kier molecular flexibility index (Phi) is 2.33. The molecular weight excluding hydrogens is 156 g/mol.